The van der Waals surface area contributed by atoms with E-state index >= 15 is 0 Å². The van der Waals surface area contributed by atoms with Gasteiger partial charge in [0.2, 0.25) is 0 Å². The summed E-state index contributed by atoms with van der Waals surface area (Å²) in [6.07, 6.45) is 14.4. The molecular weight excluding hydrogens is 412 g/mol. The van der Waals surface area contributed by atoms with Gasteiger partial charge in [0.15, 0.2) is 6.29 Å². The standard InChI is InChI=1S/C25H46O7/c1-3-4-5-6-7-8-9-10-11-12-13-14-15-16-17-18-21(26)31-19-20-22(27)23(28)24(29)25(30-2)32-20/h10-11,20,22-25,27-29H,3-9,12-19H2,1-2H3/b11-10-/t20-,22-,23+,24+,25+/m1/s1. The van der Waals surface area contributed by atoms with Crippen LogP contribution in [-0.4, -0.2) is 65.7 Å². The van der Waals surface area contributed by atoms with E-state index in [0.717, 1.165) is 32.1 Å². The van der Waals surface area contributed by atoms with Crippen LogP contribution < -0.4 is 0 Å². The van der Waals surface area contributed by atoms with Crippen molar-refractivity contribution in [1.82, 2.24) is 0 Å². The summed E-state index contributed by atoms with van der Waals surface area (Å²) in [5.41, 5.74) is 0. The van der Waals surface area contributed by atoms with Gasteiger partial charge in [0.25, 0.3) is 0 Å². The number of rotatable bonds is 18. The fourth-order valence-corrected chi connectivity index (χ4v) is 3.84. The maximum absolute atomic E-state index is 11.9. The van der Waals surface area contributed by atoms with Crippen LogP contribution in [-0.2, 0) is 19.0 Å². The zero-order chi connectivity index (χ0) is 23.6. The lowest BCUT2D eigenvalue weighted by Crippen LogP contribution is -2.59. The number of hydrogen-bond acceptors (Lipinski definition) is 7. The molecule has 7 nitrogen and oxygen atoms in total. The highest BCUT2D eigenvalue weighted by Gasteiger charge is 2.44. The molecule has 0 aromatic heterocycles. The van der Waals surface area contributed by atoms with Crippen LogP contribution in [0.2, 0.25) is 0 Å². The Balaban J connectivity index is 1.97. The first-order valence-electron chi connectivity index (χ1n) is 12.5. The van der Waals surface area contributed by atoms with Crippen molar-refractivity contribution in [1.29, 1.82) is 0 Å². The highest BCUT2D eigenvalue weighted by molar-refractivity contribution is 5.69. The summed E-state index contributed by atoms with van der Waals surface area (Å²) < 4.78 is 15.4. The normalized spacial score (nSPS) is 26.0. The second-order valence-corrected chi connectivity index (χ2v) is 8.77. The fourth-order valence-electron chi connectivity index (χ4n) is 3.84. The monoisotopic (exact) mass is 458 g/mol. The molecule has 0 unspecified atom stereocenters. The summed E-state index contributed by atoms with van der Waals surface area (Å²) >= 11 is 0. The summed E-state index contributed by atoms with van der Waals surface area (Å²) in [6, 6.07) is 0. The Morgan fingerprint density at radius 2 is 1.38 bits per heavy atom. The average Bonchev–Trinajstić information content (AvgIpc) is 2.79. The van der Waals surface area contributed by atoms with Crippen LogP contribution >= 0.6 is 0 Å². The summed E-state index contributed by atoms with van der Waals surface area (Å²) in [6.45, 7) is 2.06. The first kappa shape index (κ1) is 29.0. The predicted molar refractivity (Wildman–Crippen MR) is 124 cm³/mol. The number of carbonyl (C=O) groups is 1. The molecule has 0 aromatic rings. The number of ether oxygens (including phenoxy) is 3. The lowest BCUT2D eigenvalue weighted by Gasteiger charge is -2.39. The molecule has 0 aromatic carbocycles. The Hall–Kier alpha value is -0.990. The first-order valence-corrected chi connectivity index (χ1v) is 12.5. The topological polar surface area (TPSA) is 105 Å². The SMILES string of the molecule is CCCCCCCC/C=C\CCCCCCCC(=O)OC[C@H]1O[C@H](OC)[C@@H](O)[C@@H](O)[C@@H]1O. The van der Waals surface area contributed by atoms with Gasteiger partial charge in [-0.1, -0.05) is 70.4 Å². The zero-order valence-corrected chi connectivity index (χ0v) is 20.1. The lowest BCUT2D eigenvalue weighted by molar-refractivity contribution is -0.295. The molecule has 0 spiro atoms. The smallest absolute Gasteiger partial charge is 0.305 e. The van der Waals surface area contributed by atoms with Gasteiger partial charge in [0.05, 0.1) is 0 Å². The fraction of sp³-hybridized carbons (Fsp3) is 0.880. The quantitative estimate of drug-likeness (QED) is 0.162. The highest BCUT2D eigenvalue weighted by atomic mass is 16.7. The van der Waals surface area contributed by atoms with Gasteiger partial charge in [-0.15, -0.1) is 0 Å². The van der Waals surface area contributed by atoms with Crippen molar-refractivity contribution in [3.8, 4) is 0 Å². The second-order valence-electron chi connectivity index (χ2n) is 8.77. The molecule has 1 saturated heterocycles. The third kappa shape index (κ3) is 12.3. The Morgan fingerprint density at radius 1 is 0.812 bits per heavy atom. The van der Waals surface area contributed by atoms with E-state index in [9.17, 15) is 20.1 Å². The van der Waals surface area contributed by atoms with Crippen LogP contribution in [0.3, 0.4) is 0 Å². The Kier molecular flexibility index (Phi) is 16.7. The number of esters is 1. The molecule has 5 atom stereocenters. The van der Waals surface area contributed by atoms with Crippen molar-refractivity contribution in [2.75, 3.05) is 13.7 Å². The molecule has 0 aliphatic carbocycles. The van der Waals surface area contributed by atoms with Gasteiger partial charge in [-0.2, -0.15) is 0 Å². The molecule has 1 rings (SSSR count). The van der Waals surface area contributed by atoms with Crippen LogP contribution in [0.25, 0.3) is 0 Å². The number of methoxy groups -OCH3 is 1. The summed E-state index contributed by atoms with van der Waals surface area (Å²) in [5.74, 6) is -0.354. The minimum Gasteiger partial charge on any atom is -0.463 e. The van der Waals surface area contributed by atoms with Crippen LogP contribution in [0.15, 0.2) is 12.2 Å². The molecule has 1 aliphatic rings. The number of allylic oxidation sites excluding steroid dienone is 2. The van der Waals surface area contributed by atoms with Gasteiger partial charge in [-0.3, -0.25) is 4.79 Å². The summed E-state index contributed by atoms with van der Waals surface area (Å²) in [7, 11) is 1.33. The lowest BCUT2D eigenvalue weighted by atomic mass is 9.99. The Bertz CT molecular complexity index is 495. The molecule has 1 fully saturated rings. The average molecular weight is 459 g/mol. The van der Waals surface area contributed by atoms with Gasteiger partial charge >= 0.3 is 5.97 Å². The van der Waals surface area contributed by atoms with Crippen molar-refractivity contribution in [3.63, 3.8) is 0 Å². The number of carbonyl (C=O) groups excluding carboxylic acids is 1. The third-order valence-electron chi connectivity index (χ3n) is 5.95. The molecule has 32 heavy (non-hydrogen) atoms. The van der Waals surface area contributed by atoms with Crippen LogP contribution in [0.4, 0.5) is 0 Å². The minimum atomic E-state index is -1.41. The maximum atomic E-state index is 11.9. The van der Waals surface area contributed by atoms with Crippen molar-refractivity contribution in [2.45, 2.75) is 128 Å². The van der Waals surface area contributed by atoms with E-state index in [1.165, 1.54) is 58.5 Å². The van der Waals surface area contributed by atoms with Gasteiger partial charge in [0, 0.05) is 13.5 Å². The molecule has 1 aliphatic heterocycles. The highest BCUT2D eigenvalue weighted by Crippen LogP contribution is 2.22. The molecule has 0 saturated carbocycles. The molecule has 7 heteroatoms. The number of hydrogen-bond donors (Lipinski definition) is 3. The van der Waals surface area contributed by atoms with Gasteiger partial charge in [-0.25, -0.2) is 0 Å². The molecule has 188 valence electrons. The number of aliphatic hydroxyl groups excluding tert-OH is 3. The van der Waals surface area contributed by atoms with Gasteiger partial charge in [-0.05, 0) is 32.1 Å². The Labute approximate surface area is 194 Å². The van der Waals surface area contributed by atoms with E-state index in [1.807, 2.05) is 0 Å². The minimum absolute atomic E-state index is 0.186. The van der Waals surface area contributed by atoms with E-state index < -0.39 is 30.7 Å². The van der Waals surface area contributed by atoms with Crippen molar-refractivity contribution in [3.05, 3.63) is 12.2 Å². The molecular formula is C25H46O7. The molecule has 0 amide bonds. The molecule has 0 bridgehead atoms. The van der Waals surface area contributed by atoms with E-state index in [4.69, 9.17) is 14.2 Å². The number of unbranched alkanes of at least 4 members (excludes halogenated alkanes) is 11. The molecule has 1 heterocycles. The summed E-state index contributed by atoms with van der Waals surface area (Å²) in [4.78, 5) is 11.9. The predicted octanol–water partition coefficient (Wildman–Crippen LogP) is 4.02. The van der Waals surface area contributed by atoms with E-state index in [1.54, 1.807) is 0 Å². The van der Waals surface area contributed by atoms with Crippen LogP contribution in [0.1, 0.15) is 96.8 Å². The van der Waals surface area contributed by atoms with Crippen molar-refractivity contribution < 1.29 is 34.3 Å². The van der Waals surface area contributed by atoms with Gasteiger partial charge in [0.1, 0.15) is 31.0 Å². The van der Waals surface area contributed by atoms with E-state index in [0.29, 0.717) is 6.42 Å². The van der Waals surface area contributed by atoms with Gasteiger partial charge < -0.3 is 29.5 Å². The van der Waals surface area contributed by atoms with E-state index in [-0.39, 0.29) is 12.6 Å². The van der Waals surface area contributed by atoms with Crippen LogP contribution in [0, 0.1) is 0 Å². The summed E-state index contributed by atoms with van der Waals surface area (Å²) in [5, 5.41) is 29.5. The molecule has 3 N–H and O–H groups in total. The van der Waals surface area contributed by atoms with E-state index in [2.05, 4.69) is 19.1 Å². The first-order chi connectivity index (χ1) is 15.5. The van der Waals surface area contributed by atoms with Crippen molar-refractivity contribution >= 4 is 5.97 Å². The third-order valence-corrected chi connectivity index (χ3v) is 5.95. The van der Waals surface area contributed by atoms with Crippen molar-refractivity contribution in [2.24, 2.45) is 0 Å². The Morgan fingerprint density at radius 3 is 1.97 bits per heavy atom. The largest absolute Gasteiger partial charge is 0.463 e. The second kappa shape index (κ2) is 18.4. The number of aliphatic hydroxyl groups is 3. The zero-order valence-electron chi connectivity index (χ0n) is 20.1. The van der Waals surface area contributed by atoms with Crippen LogP contribution in [0.5, 0.6) is 0 Å². The molecule has 0 radical (unpaired) electrons. The maximum Gasteiger partial charge on any atom is 0.305 e.